The Morgan fingerprint density at radius 2 is 1.65 bits per heavy atom. The second-order valence-electron chi connectivity index (χ2n) is 6.82. The number of benzene rings is 2. The summed E-state index contributed by atoms with van der Waals surface area (Å²) in [4.78, 5) is 2.19. The molecule has 0 aliphatic carbocycles. The predicted octanol–water partition coefficient (Wildman–Crippen LogP) is 2.72. The van der Waals surface area contributed by atoms with Gasteiger partial charge >= 0.3 is 0 Å². The van der Waals surface area contributed by atoms with Crippen molar-refractivity contribution >= 4 is 0 Å². The lowest BCUT2D eigenvalue weighted by Gasteiger charge is -2.39. The van der Waals surface area contributed by atoms with Gasteiger partial charge in [-0.3, -0.25) is 0 Å². The van der Waals surface area contributed by atoms with Gasteiger partial charge in [0.25, 0.3) is 0 Å². The third-order valence-corrected chi connectivity index (χ3v) is 5.22. The summed E-state index contributed by atoms with van der Waals surface area (Å²) >= 11 is 0. The Kier molecular flexibility index (Phi) is 5.81. The molecule has 0 radical (unpaired) electrons. The molecule has 0 aromatic heterocycles. The number of aliphatic hydroxyl groups is 2. The van der Waals surface area contributed by atoms with E-state index in [1.165, 1.54) is 0 Å². The first-order chi connectivity index (χ1) is 12.6. The molecule has 26 heavy (non-hydrogen) atoms. The first kappa shape index (κ1) is 18.7. The van der Waals surface area contributed by atoms with E-state index >= 15 is 0 Å². The largest absolute Gasteiger partial charge is 0.497 e. The lowest BCUT2D eigenvalue weighted by atomic mass is 9.83. The fraction of sp³-hybridized carbons (Fsp3) is 0.429. The minimum atomic E-state index is -0.881. The standard InChI is InChI=1S/C21H27NO4/c1-25-17-9-7-16(8-10-17)19(23)15-22-13-11-21(24,12-14-22)18-5-3-4-6-20(18)26-2/h3-10,19,23-24H,11-15H2,1-2H3/t19-/m0/s1. The summed E-state index contributed by atoms with van der Waals surface area (Å²) < 4.78 is 10.6. The van der Waals surface area contributed by atoms with Crippen molar-refractivity contribution in [3.8, 4) is 11.5 Å². The molecular formula is C21H27NO4. The summed E-state index contributed by atoms with van der Waals surface area (Å²) in [6.07, 6.45) is 0.671. The number of piperidine rings is 1. The van der Waals surface area contributed by atoms with Crippen molar-refractivity contribution in [1.29, 1.82) is 0 Å². The molecule has 0 unspecified atom stereocenters. The summed E-state index contributed by atoms with van der Waals surface area (Å²) in [5.41, 5.74) is 0.836. The van der Waals surface area contributed by atoms with Crippen LogP contribution in [0, 0.1) is 0 Å². The average molecular weight is 357 g/mol. The van der Waals surface area contributed by atoms with E-state index in [1.54, 1.807) is 14.2 Å². The van der Waals surface area contributed by atoms with Crippen molar-refractivity contribution in [3.63, 3.8) is 0 Å². The number of methoxy groups -OCH3 is 2. The topological polar surface area (TPSA) is 62.2 Å². The maximum atomic E-state index is 11.1. The van der Waals surface area contributed by atoms with Gasteiger partial charge in [-0.15, -0.1) is 0 Å². The van der Waals surface area contributed by atoms with E-state index in [4.69, 9.17) is 9.47 Å². The first-order valence-electron chi connectivity index (χ1n) is 8.96. The lowest BCUT2D eigenvalue weighted by molar-refractivity contribution is -0.0358. The second kappa shape index (κ2) is 8.08. The summed E-state index contributed by atoms with van der Waals surface area (Å²) in [7, 11) is 3.25. The van der Waals surface area contributed by atoms with Crippen LogP contribution in [0.3, 0.4) is 0 Å². The first-order valence-corrected chi connectivity index (χ1v) is 8.96. The minimum Gasteiger partial charge on any atom is -0.497 e. The van der Waals surface area contributed by atoms with Crippen molar-refractivity contribution in [3.05, 3.63) is 59.7 Å². The van der Waals surface area contributed by atoms with Crippen molar-refractivity contribution in [2.75, 3.05) is 33.9 Å². The number of β-amino-alcohol motifs (C(OH)–C–C–N with tert-alkyl or cyclic N) is 1. The van der Waals surface area contributed by atoms with E-state index in [9.17, 15) is 10.2 Å². The summed E-state index contributed by atoms with van der Waals surface area (Å²) in [6.45, 7) is 2.00. The number of ether oxygens (including phenoxy) is 2. The van der Waals surface area contributed by atoms with E-state index in [1.807, 2.05) is 48.5 Å². The van der Waals surface area contributed by atoms with Crippen molar-refractivity contribution in [2.24, 2.45) is 0 Å². The Bertz CT molecular complexity index is 708. The monoisotopic (exact) mass is 357 g/mol. The zero-order valence-corrected chi connectivity index (χ0v) is 15.4. The molecule has 2 N–H and O–H groups in total. The molecule has 0 bridgehead atoms. The number of nitrogens with zero attached hydrogens (tertiary/aromatic N) is 1. The van der Waals surface area contributed by atoms with Gasteiger partial charge in [-0.2, -0.15) is 0 Å². The molecule has 0 amide bonds. The molecule has 2 aromatic carbocycles. The number of rotatable bonds is 6. The predicted molar refractivity (Wildman–Crippen MR) is 101 cm³/mol. The molecule has 1 saturated heterocycles. The maximum Gasteiger partial charge on any atom is 0.124 e. The fourth-order valence-electron chi connectivity index (χ4n) is 3.58. The van der Waals surface area contributed by atoms with Gasteiger partial charge in [-0.1, -0.05) is 30.3 Å². The van der Waals surface area contributed by atoms with Crippen LogP contribution in [0.4, 0.5) is 0 Å². The maximum absolute atomic E-state index is 11.1. The Morgan fingerprint density at radius 3 is 2.27 bits per heavy atom. The van der Waals surface area contributed by atoms with E-state index < -0.39 is 11.7 Å². The molecule has 5 nitrogen and oxygen atoms in total. The van der Waals surface area contributed by atoms with E-state index in [0.29, 0.717) is 19.4 Å². The van der Waals surface area contributed by atoms with Gasteiger partial charge in [-0.25, -0.2) is 0 Å². The normalized spacial score (nSPS) is 18.3. The highest BCUT2D eigenvalue weighted by atomic mass is 16.5. The molecule has 1 fully saturated rings. The van der Waals surface area contributed by atoms with Crippen molar-refractivity contribution < 1.29 is 19.7 Å². The molecule has 5 heteroatoms. The van der Waals surface area contributed by atoms with Crippen LogP contribution in [-0.4, -0.2) is 49.0 Å². The van der Waals surface area contributed by atoms with Crippen molar-refractivity contribution in [1.82, 2.24) is 4.90 Å². The zero-order valence-electron chi connectivity index (χ0n) is 15.4. The number of likely N-dealkylation sites (tertiary alicyclic amines) is 1. The fourth-order valence-corrected chi connectivity index (χ4v) is 3.58. The van der Waals surface area contributed by atoms with E-state index in [2.05, 4.69) is 4.90 Å². The molecule has 1 heterocycles. The average Bonchev–Trinajstić information content (AvgIpc) is 2.70. The van der Waals surface area contributed by atoms with Gasteiger partial charge in [0.1, 0.15) is 11.5 Å². The third-order valence-electron chi connectivity index (χ3n) is 5.22. The molecule has 1 aliphatic heterocycles. The molecule has 0 saturated carbocycles. The summed E-state index contributed by atoms with van der Waals surface area (Å²) in [5, 5.41) is 21.6. The van der Waals surface area contributed by atoms with Gasteiger partial charge in [0.15, 0.2) is 0 Å². The van der Waals surface area contributed by atoms with Crippen LogP contribution < -0.4 is 9.47 Å². The van der Waals surface area contributed by atoms with Gasteiger partial charge in [0.05, 0.1) is 25.9 Å². The molecule has 0 spiro atoms. The van der Waals surface area contributed by atoms with Crippen LogP contribution in [0.5, 0.6) is 11.5 Å². The van der Waals surface area contributed by atoms with E-state index in [0.717, 1.165) is 35.7 Å². The molecule has 1 aliphatic rings. The molecular weight excluding hydrogens is 330 g/mol. The quantitative estimate of drug-likeness (QED) is 0.832. The number of hydrogen-bond acceptors (Lipinski definition) is 5. The van der Waals surface area contributed by atoms with Crippen LogP contribution in [0.15, 0.2) is 48.5 Å². The van der Waals surface area contributed by atoms with Gasteiger partial charge in [-0.05, 0) is 36.6 Å². The van der Waals surface area contributed by atoms with E-state index in [-0.39, 0.29) is 0 Å². The number of hydrogen-bond donors (Lipinski definition) is 2. The lowest BCUT2D eigenvalue weighted by Crippen LogP contribution is -2.44. The third kappa shape index (κ3) is 4.01. The smallest absolute Gasteiger partial charge is 0.124 e. The molecule has 1 atom stereocenters. The SMILES string of the molecule is COc1ccc([C@@H](O)CN2CCC(O)(c3ccccc3OC)CC2)cc1. The second-order valence-corrected chi connectivity index (χ2v) is 6.82. The van der Waals surface area contributed by atoms with Crippen LogP contribution in [0.25, 0.3) is 0 Å². The highest BCUT2D eigenvalue weighted by Crippen LogP contribution is 2.38. The summed E-state index contributed by atoms with van der Waals surface area (Å²) in [5.74, 6) is 1.50. The molecule has 2 aromatic rings. The number of aliphatic hydroxyl groups excluding tert-OH is 1. The van der Waals surface area contributed by atoms with Crippen LogP contribution >= 0.6 is 0 Å². The van der Waals surface area contributed by atoms with Gasteiger partial charge < -0.3 is 24.6 Å². The van der Waals surface area contributed by atoms with Crippen LogP contribution in [-0.2, 0) is 5.60 Å². The highest BCUT2D eigenvalue weighted by molar-refractivity contribution is 5.38. The Labute approximate surface area is 154 Å². The number of para-hydroxylation sites is 1. The zero-order chi connectivity index (χ0) is 18.6. The highest BCUT2D eigenvalue weighted by Gasteiger charge is 2.36. The van der Waals surface area contributed by atoms with Gasteiger partial charge in [0, 0.05) is 25.2 Å². The van der Waals surface area contributed by atoms with Crippen LogP contribution in [0.2, 0.25) is 0 Å². The van der Waals surface area contributed by atoms with Gasteiger partial charge in [0.2, 0.25) is 0 Å². The molecule has 3 rings (SSSR count). The molecule has 140 valence electrons. The Hall–Kier alpha value is -2.08. The Balaban J connectivity index is 1.61. The summed E-state index contributed by atoms with van der Waals surface area (Å²) in [6, 6.07) is 15.1. The van der Waals surface area contributed by atoms with Crippen molar-refractivity contribution in [2.45, 2.75) is 24.5 Å². The minimum absolute atomic E-state index is 0.550. The Morgan fingerprint density at radius 1 is 1.00 bits per heavy atom. The van der Waals surface area contributed by atoms with Crippen LogP contribution in [0.1, 0.15) is 30.1 Å².